The van der Waals surface area contributed by atoms with E-state index in [-0.39, 0.29) is 12.5 Å². The molecule has 0 radical (unpaired) electrons. The monoisotopic (exact) mass is 354 g/mol. The Labute approximate surface area is 154 Å². The van der Waals surface area contributed by atoms with Crippen LogP contribution >= 0.6 is 0 Å². The van der Waals surface area contributed by atoms with Crippen molar-refractivity contribution < 1.29 is 9.90 Å². The van der Waals surface area contributed by atoms with Gasteiger partial charge in [-0.3, -0.25) is 9.78 Å². The van der Waals surface area contributed by atoms with Crippen LogP contribution in [0.5, 0.6) is 0 Å². The van der Waals surface area contributed by atoms with Crippen LogP contribution in [0.1, 0.15) is 31.2 Å². The highest BCUT2D eigenvalue weighted by Crippen LogP contribution is 2.24. The van der Waals surface area contributed by atoms with Crippen LogP contribution in [-0.4, -0.2) is 46.2 Å². The van der Waals surface area contributed by atoms with E-state index in [2.05, 4.69) is 20.2 Å². The van der Waals surface area contributed by atoms with Gasteiger partial charge in [-0.25, -0.2) is 4.98 Å². The van der Waals surface area contributed by atoms with Gasteiger partial charge < -0.3 is 15.3 Å². The van der Waals surface area contributed by atoms with Crippen molar-refractivity contribution in [2.24, 2.45) is 0 Å². The number of aliphatic hydroxyl groups is 1. The molecule has 26 heavy (non-hydrogen) atoms. The number of carbonyl (C=O) groups is 1. The van der Waals surface area contributed by atoms with Crippen LogP contribution in [-0.2, 0) is 11.2 Å². The summed E-state index contributed by atoms with van der Waals surface area (Å²) in [6, 6.07) is 9.71. The maximum atomic E-state index is 12.1. The van der Waals surface area contributed by atoms with Crippen LogP contribution in [0.3, 0.4) is 0 Å². The first-order valence-electron chi connectivity index (χ1n) is 9.19. The van der Waals surface area contributed by atoms with Gasteiger partial charge in [0.05, 0.1) is 5.60 Å². The second-order valence-corrected chi connectivity index (χ2v) is 6.92. The van der Waals surface area contributed by atoms with Crippen molar-refractivity contribution in [3.05, 3.63) is 54.5 Å². The molecule has 2 aromatic rings. The lowest BCUT2D eigenvalue weighted by molar-refractivity contribution is -0.122. The number of β-amino-alcohol motifs (C(OH)–C–C–N with tert-alkyl or cyclic N) is 1. The first-order chi connectivity index (χ1) is 12.6. The summed E-state index contributed by atoms with van der Waals surface area (Å²) in [5.41, 5.74) is 0.279. The van der Waals surface area contributed by atoms with Gasteiger partial charge in [-0.1, -0.05) is 6.07 Å². The molecule has 0 spiro atoms. The predicted octanol–water partition coefficient (Wildman–Crippen LogP) is 1.95. The van der Waals surface area contributed by atoms with E-state index < -0.39 is 5.60 Å². The molecule has 1 aliphatic rings. The van der Waals surface area contributed by atoms with Crippen molar-refractivity contribution in [3.8, 4) is 0 Å². The molecule has 0 bridgehead atoms. The number of nitrogens with one attached hydrogen (secondary N) is 1. The molecule has 1 saturated heterocycles. The molecule has 6 nitrogen and oxygen atoms in total. The number of piperidine rings is 1. The third-order valence-corrected chi connectivity index (χ3v) is 4.76. The number of amides is 1. The Kier molecular flexibility index (Phi) is 6.17. The number of rotatable bonds is 7. The summed E-state index contributed by atoms with van der Waals surface area (Å²) in [7, 11) is 0. The maximum absolute atomic E-state index is 12.1. The number of pyridine rings is 2. The molecule has 1 aliphatic heterocycles. The summed E-state index contributed by atoms with van der Waals surface area (Å²) in [6.07, 6.45) is 8.96. The average Bonchev–Trinajstić information content (AvgIpc) is 2.68. The number of hydrogen-bond acceptors (Lipinski definition) is 5. The van der Waals surface area contributed by atoms with Crippen LogP contribution in [0.25, 0.3) is 0 Å². The number of carbonyl (C=O) groups excluding carboxylic acids is 1. The molecular weight excluding hydrogens is 328 g/mol. The molecule has 2 N–H and O–H groups in total. The van der Waals surface area contributed by atoms with E-state index in [1.165, 1.54) is 5.56 Å². The predicted molar refractivity (Wildman–Crippen MR) is 101 cm³/mol. The topological polar surface area (TPSA) is 78.3 Å². The van der Waals surface area contributed by atoms with Crippen molar-refractivity contribution in [1.82, 2.24) is 15.3 Å². The summed E-state index contributed by atoms with van der Waals surface area (Å²) in [6.45, 7) is 1.64. The Morgan fingerprint density at radius 3 is 2.85 bits per heavy atom. The van der Waals surface area contributed by atoms with E-state index in [1.807, 2.05) is 30.3 Å². The van der Waals surface area contributed by atoms with Crippen molar-refractivity contribution in [2.45, 2.75) is 37.7 Å². The fourth-order valence-electron chi connectivity index (χ4n) is 3.35. The summed E-state index contributed by atoms with van der Waals surface area (Å²) < 4.78 is 0. The summed E-state index contributed by atoms with van der Waals surface area (Å²) in [5.74, 6) is 0.858. The largest absolute Gasteiger partial charge is 0.386 e. The van der Waals surface area contributed by atoms with E-state index in [1.54, 1.807) is 18.6 Å². The van der Waals surface area contributed by atoms with Crippen molar-refractivity contribution in [1.29, 1.82) is 0 Å². The number of aryl methyl sites for hydroxylation is 1. The van der Waals surface area contributed by atoms with Gasteiger partial charge >= 0.3 is 0 Å². The van der Waals surface area contributed by atoms with E-state index >= 15 is 0 Å². The van der Waals surface area contributed by atoms with Crippen molar-refractivity contribution in [3.63, 3.8) is 0 Å². The standard InChI is InChI=1S/C20H26N4O2/c25-19(7-3-5-17-8-12-21-13-9-17)23-15-20(26)10-4-14-24(16-20)18-6-1-2-11-22-18/h1-2,6,8-9,11-13,26H,3-5,7,10,14-16H2,(H,23,25). The highest BCUT2D eigenvalue weighted by molar-refractivity contribution is 5.75. The molecule has 6 heteroatoms. The van der Waals surface area contributed by atoms with Crippen molar-refractivity contribution >= 4 is 11.7 Å². The smallest absolute Gasteiger partial charge is 0.220 e. The minimum atomic E-state index is -0.906. The molecule has 3 heterocycles. The van der Waals surface area contributed by atoms with Gasteiger partial charge in [0.2, 0.25) is 5.91 Å². The quantitative estimate of drug-likeness (QED) is 0.795. The van der Waals surface area contributed by atoms with Crippen LogP contribution < -0.4 is 10.2 Å². The summed E-state index contributed by atoms with van der Waals surface area (Å²) in [5, 5.41) is 13.8. The van der Waals surface area contributed by atoms with Crippen LogP contribution in [0.4, 0.5) is 5.82 Å². The summed E-state index contributed by atoms with van der Waals surface area (Å²) in [4.78, 5) is 22.5. The summed E-state index contributed by atoms with van der Waals surface area (Å²) >= 11 is 0. The number of nitrogens with zero attached hydrogens (tertiary/aromatic N) is 3. The van der Waals surface area contributed by atoms with E-state index in [4.69, 9.17) is 0 Å². The Morgan fingerprint density at radius 1 is 1.23 bits per heavy atom. The molecule has 138 valence electrons. The Bertz CT molecular complexity index is 695. The van der Waals surface area contributed by atoms with Gasteiger partial charge in [0, 0.05) is 44.6 Å². The fourth-order valence-corrected chi connectivity index (χ4v) is 3.35. The minimum Gasteiger partial charge on any atom is -0.386 e. The molecule has 1 atom stereocenters. The highest BCUT2D eigenvalue weighted by atomic mass is 16.3. The van der Waals surface area contributed by atoms with Crippen LogP contribution in [0, 0.1) is 0 Å². The average molecular weight is 354 g/mol. The van der Waals surface area contributed by atoms with Gasteiger partial charge in [-0.2, -0.15) is 0 Å². The van der Waals surface area contributed by atoms with E-state index in [0.717, 1.165) is 31.6 Å². The molecule has 0 saturated carbocycles. The Morgan fingerprint density at radius 2 is 2.08 bits per heavy atom. The normalized spacial score (nSPS) is 20.0. The van der Waals surface area contributed by atoms with E-state index in [0.29, 0.717) is 19.4 Å². The molecule has 1 fully saturated rings. The van der Waals surface area contributed by atoms with Gasteiger partial charge in [0.15, 0.2) is 0 Å². The van der Waals surface area contributed by atoms with E-state index in [9.17, 15) is 9.90 Å². The Hall–Kier alpha value is -2.47. The maximum Gasteiger partial charge on any atom is 0.220 e. The zero-order valence-corrected chi connectivity index (χ0v) is 15.0. The lowest BCUT2D eigenvalue weighted by Crippen LogP contribution is -2.54. The fraction of sp³-hybridized carbons (Fsp3) is 0.450. The molecule has 2 aromatic heterocycles. The Balaban J connectivity index is 1.43. The second kappa shape index (κ2) is 8.76. The SMILES string of the molecule is O=C(CCCc1ccncc1)NCC1(O)CCCN(c2ccccn2)C1. The lowest BCUT2D eigenvalue weighted by atomic mass is 9.92. The third-order valence-electron chi connectivity index (χ3n) is 4.76. The minimum absolute atomic E-state index is 0.0116. The molecular formula is C20H26N4O2. The molecule has 1 amide bonds. The van der Waals surface area contributed by atoms with Gasteiger partial charge in [0.25, 0.3) is 0 Å². The van der Waals surface area contributed by atoms with Crippen molar-refractivity contribution in [2.75, 3.05) is 24.5 Å². The first kappa shape index (κ1) is 18.3. The highest BCUT2D eigenvalue weighted by Gasteiger charge is 2.34. The zero-order valence-electron chi connectivity index (χ0n) is 15.0. The zero-order chi connectivity index (χ0) is 18.2. The van der Waals surface area contributed by atoms with Gasteiger partial charge in [-0.05, 0) is 55.5 Å². The second-order valence-electron chi connectivity index (χ2n) is 6.92. The number of aromatic nitrogens is 2. The molecule has 1 unspecified atom stereocenters. The molecule has 0 aliphatic carbocycles. The molecule has 0 aromatic carbocycles. The molecule has 3 rings (SSSR count). The first-order valence-corrected chi connectivity index (χ1v) is 9.19. The van der Waals surface area contributed by atoms with Crippen LogP contribution in [0.15, 0.2) is 48.9 Å². The number of anilines is 1. The number of hydrogen-bond donors (Lipinski definition) is 2. The lowest BCUT2D eigenvalue weighted by Gasteiger charge is -2.39. The van der Waals surface area contributed by atoms with Gasteiger partial charge in [0.1, 0.15) is 5.82 Å². The van der Waals surface area contributed by atoms with Crippen LogP contribution in [0.2, 0.25) is 0 Å². The third kappa shape index (κ3) is 5.26. The van der Waals surface area contributed by atoms with Gasteiger partial charge in [-0.15, -0.1) is 0 Å².